The van der Waals surface area contributed by atoms with Gasteiger partial charge in [0.15, 0.2) is 0 Å². The van der Waals surface area contributed by atoms with E-state index in [0.29, 0.717) is 12.1 Å². The molecule has 0 amide bonds. The molecule has 2 bridgehead atoms. The Morgan fingerprint density at radius 2 is 2.06 bits per heavy atom. The van der Waals surface area contributed by atoms with E-state index < -0.39 is 0 Å². The summed E-state index contributed by atoms with van der Waals surface area (Å²) in [5.74, 6) is 1.16. The van der Waals surface area contributed by atoms with Gasteiger partial charge in [-0.25, -0.2) is 4.99 Å². The topological polar surface area (TPSA) is 24.8 Å². The van der Waals surface area contributed by atoms with E-state index in [-0.39, 0.29) is 0 Å². The Bertz CT molecular complexity index is 412. The molecule has 2 atom stereocenters. The fraction of sp³-hybridized carbons (Fsp3) is 0.643. The SMILES string of the molecule is CC1=N/C(N2C3CCC2COC3)=C\C(I)=C/CC1. The van der Waals surface area contributed by atoms with Crippen LogP contribution in [0, 0.1) is 0 Å². The summed E-state index contributed by atoms with van der Waals surface area (Å²) in [4.78, 5) is 7.36. The summed E-state index contributed by atoms with van der Waals surface area (Å²) >= 11 is 2.41. The predicted octanol–water partition coefficient (Wildman–Crippen LogP) is 3.26. The second-order valence-electron chi connectivity index (χ2n) is 5.31. The minimum absolute atomic E-state index is 0.537. The smallest absolute Gasteiger partial charge is 0.130 e. The van der Waals surface area contributed by atoms with E-state index in [2.05, 4.69) is 46.6 Å². The third-order valence-corrected chi connectivity index (χ3v) is 4.67. The lowest BCUT2D eigenvalue weighted by Crippen LogP contribution is -2.44. The van der Waals surface area contributed by atoms with Crippen molar-refractivity contribution in [3.63, 3.8) is 0 Å². The molecule has 98 valence electrons. The van der Waals surface area contributed by atoms with Gasteiger partial charge < -0.3 is 9.64 Å². The van der Waals surface area contributed by atoms with E-state index in [1.165, 1.54) is 22.1 Å². The van der Waals surface area contributed by atoms with E-state index in [1.54, 1.807) is 0 Å². The van der Waals surface area contributed by atoms with Crippen LogP contribution in [0.4, 0.5) is 0 Å². The average Bonchev–Trinajstić information content (AvgIpc) is 2.55. The molecule has 4 heteroatoms. The third kappa shape index (κ3) is 2.50. The number of aliphatic imine (C=N–C) groups is 1. The van der Waals surface area contributed by atoms with Crippen molar-refractivity contribution in [2.75, 3.05) is 13.2 Å². The van der Waals surface area contributed by atoms with Gasteiger partial charge in [-0.05, 0) is 61.3 Å². The largest absolute Gasteiger partial charge is 0.377 e. The Hall–Kier alpha value is -0.360. The number of rotatable bonds is 1. The molecule has 0 spiro atoms. The summed E-state index contributed by atoms with van der Waals surface area (Å²) in [6.07, 6.45) is 9.21. The summed E-state index contributed by atoms with van der Waals surface area (Å²) in [5.41, 5.74) is 1.24. The minimum Gasteiger partial charge on any atom is -0.377 e. The fourth-order valence-electron chi connectivity index (χ4n) is 3.02. The molecule has 3 heterocycles. The van der Waals surface area contributed by atoms with E-state index in [4.69, 9.17) is 9.73 Å². The minimum atomic E-state index is 0.537. The van der Waals surface area contributed by atoms with Gasteiger partial charge in [-0.3, -0.25) is 0 Å². The van der Waals surface area contributed by atoms with Gasteiger partial charge in [0.2, 0.25) is 0 Å². The second kappa shape index (κ2) is 5.33. The molecule has 2 unspecified atom stereocenters. The summed E-state index contributed by atoms with van der Waals surface area (Å²) in [6, 6.07) is 1.07. The van der Waals surface area contributed by atoms with Gasteiger partial charge in [-0.1, -0.05) is 6.08 Å². The maximum absolute atomic E-state index is 5.65. The van der Waals surface area contributed by atoms with Crippen molar-refractivity contribution in [2.24, 2.45) is 4.99 Å². The van der Waals surface area contributed by atoms with Crippen LogP contribution in [0.3, 0.4) is 0 Å². The number of hydrogen-bond acceptors (Lipinski definition) is 3. The Balaban J connectivity index is 1.93. The number of fused-ring (bicyclic) bond motifs is 2. The van der Waals surface area contributed by atoms with E-state index in [0.717, 1.165) is 31.9 Å². The van der Waals surface area contributed by atoms with Crippen LogP contribution in [0.1, 0.15) is 32.6 Å². The molecule has 0 saturated carbocycles. The number of halogens is 1. The molecule has 18 heavy (non-hydrogen) atoms. The summed E-state index contributed by atoms with van der Waals surface area (Å²) in [7, 11) is 0. The van der Waals surface area contributed by atoms with Crippen molar-refractivity contribution in [3.05, 3.63) is 21.6 Å². The van der Waals surface area contributed by atoms with Crippen LogP contribution in [0.25, 0.3) is 0 Å². The zero-order valence-electron chi connectivity index (χ0n) is 10.7. The molecule has 0 aromatic heterocycles. The number of ether oxygens (including phenoxy) is 1. The number of nitrogens with zero attached hydrogens (tertiary/aromatic N) is 2. The van der Waals surface area contributed by atoms with Crippen LogP contribution in [-0.2, 0) is 4.74 Å². The van der Waals surface area contributed by atoms with Crippen LogP contribution < -0.4 is 0 Å². The van der Waals surface area contributed by atoms with Gasteiger partial charge in [0, 0.05) is 9.29 Å². The highest BCUT2D eigenvalue weighted by molar-refractivity contribution is 14.1. The van der Waals surface area contributed by atoms with Crippen molar-refractivity contribution >= 4 is 28.3 Å². The molecule has 0 aliphatic carbocycles. The number of allylic oxidation sites excluding steroid dienone is 3. The van der Waals surface area contributed by atoms with Gasteiger partial charge in [-0.2, -0.15) is 0 Å². The Morgan fingerprint density at radius 3 is 2.78 bits per heavy atom. The lowest BCUT2D eigenvalue weighted by atomic mass is 10.2. The molecule has 2 fully saturated rings. The van der Waals surface area contributed by atoms with Crippen LogP contribution >= 0.6 is 22.6 Å². The number of hydrogen-bond donors (Lipinski definition) is 0. The van der Waals surface area contributed by atoms with Crippen molar-refractivity contribution < 1.29 is 4.74 Å². The van der Waals surface area contributed by atoms with Crippen molar-refractivity contribution in [2.45, 2.75) is 44.7 Å². The van der Waals surface area contributed by atoms with Gasteiger partial charge in [-0.15, -0.1) is 0 Å². The Morgan fingerprint density at radius 1 is 1.33 bits per heavy atom. The highest BCUT2D eigenvalue weighted by Crippen LogP contribution is 2.34. The maximum Gasteiger partial charge on any atom is 0.130 e. The first kappa shape index (κ1) is 12.7. The van der Waals surface area contributed by atoms with Crippen molar-refractivity contribution in [1.29, 1.82) is 0 Å². The standard InChI is InChI=1S/C14H19IN2O/c1-10-3-2-4-11(15)7-14(16-10)17-12-5-6-13(17)9-18-8-12/h4,7,12-13H,2-3,5-6,8-9H2,1H3/b11-4+,14-7+,16-10?. The van der Waals surface area contributed by atoms with Crippen LogP contribution in [0.2, 0.25) is 0 Å². The average molecular weight is 358 g/mol. The zero-order valence-corrected chi connectivity index (χ0v) is 12.9. The fourth-order valence-corrected chi connectivity index (χ4v) is 3.61. The van der Waals surface area contributed by atoms with E-state index in [9.17, 15) is 0 Å². The lowest BCUT2D eigenvalue weighted by molar-refractivity contribution is 0.00285. The van der Waals surface area contributed by atoms with Gasteiger partial charge >= 0.3 is 0 Å². The first-order chi connectivity index (χ1) is 8.74. The monoisotopic (exact) mass is 358 g/mol. The Labute approximate surface area is 122 Å². The molecule has 0 N–H and O–H groups in total. The summed E-state index contributed by atoms with van der Waals surface area (Å²) in [5, 5.41) is 0. The first-order valence-corrected chi connectivity index (χ1v) is 7.79. The van der Waals surface area contributed by atoms with E-state index in [1.807, 2.05) is 0 Å². The van der Waals surface area contributed by atoms with E-state index >= 15 is 0 Å². The van der Waals surface area contributed by atoms with Gasteiger partial charge in [0.1, 0.15) is 5.82 Å². The number of morpholine rings is 1. The third-order valence-electron chi connectivity index (χ3n) is 3.92. The molecular formula is C14H19IN2O. The van der Waals surface area contributed by atoms with Gasteiger partial charge in [0.05, 0.1) is 25.3 Å². The molecule has 3 aliphatic heterocycles. The van der Waals surface area contributed by atoms with Crippen molar-refractivity contribution in [1.82, 2.24) is 4.90 Å². The predicted molar refractivity (Wildman–Crippen MR) is 82.0 cm³/mol. The normalized spacial score (nSPS) is 38.1. The molecule has 3 rings (SSSR count). The quantitative estimate of drug-likeness (QED) is 0.673. The highest BCUT2D eigenvalue weighted by atomic mass is 127. The molecule has 0 radical (unpaired) electrons. The Kier molecular flexibility index (Phi) is 3.75. The highest BCUT2D eigenvalue weighted by Gasteiger charge is 2.38. The van der Waals surface area contributed by atoms with Crippen LogP contribution in [0.15, 0.2) is 26.5 Å². The molecule has 2 saturated heterocycles. The van der Waals surface area contributed by atoms with Crippen LogP contribution in [0.5, 0.6) is 0 Å². The second-order valence-corrected chi connectivity index (χ2v) is 6.55. The van der Waals surface area contributed by atoms with Crippen molar-refractivity contribution in [3.8, 4) is 0 Å². The summed E-state index contributed by atoms with van der Waals surface area (Å²) < 4.78 is 6.96. The molecule has 3 nitrogen and oxygen atoms in total. The molecular weight excluding hydrogens is 339 g/mol. The van der Waals surface area contributed by atoms with Gasteiger partial charge in [0.25, 0.3) is 0 Å². The maximum atomic E-state index is 5.65. The molecule has 0 aromatic rings. The molecule has 3 aliphatic rings. The summed E-state index contributed by atoms with van der Waals surface area (Å²) in [6.45, 7) is 3.87. The van der Waals surface area contributed by atoms with Crippen LogP contribution in [-0.4, -0.2) is 35.9 Å². The molecule has 0 aromatic carbocycles. The first-order valence-electron chi connectivity index (χ1n) is 6.71. The zero-order chi connectivity index (χ0) is 12.5. The lowest BCUT2D eigenvalue weighted by Gasteiger charge is -2.36.